The van der Waals surface area contributed by atoms with Crippen LogP contribution in [-0.4, -0.2) is 40.8 Å². The Balaban J connectivity index is 2.58. The molecule has 1 aromatic rings. The molecule has 2 rings (SSSR count). The first kappa shape index (κ1) is 13.9. The number of ketones is 1. The van der Waals surface area contributed by atoms with Crippen LogP contribution in [0.5, 0.6) is 0 Å². The van der Waals surface area contributed by atoms with E-state index in [2.05, 4.69) is 21.4 Å². The monoisotopic (exact) mass is 317 g/mol. The van der Waals surface area contributed by atoms with Crippen LogP contribution in [0, 0.1) is 0 Å². The van der Waals surface area contributed by atoms with Gasteiger partial charge in [0.1, 0.15) is 5.70 Å². The van der Waals surface area contributed by atoms with E-state index in [1.807, 2.05) is 0 Å². The summed E-state index contributed by atoms with van der Waals surface area (Å²) in [5.41, 5.74) is -0.225. The van der Waals surface area contributed by atoms with Gasteiger partial charge in [-0.05, 0) is 23.7 Å². The lowest BCUT2D eigenvalue weighted by Gasteiger charge is -2.21. The maximum absolute atomic E-state index is 11.8. The van der Waals surface area contributed by atoms with Crippen molar-refractivity contribution >= 4 is 51.0 Å². The molecule has 0 aromatic carbocycles. The molecule has 1 aliphatic heterocycles. The Kier molecular flexibility index (Phi) is 3.56. The Labute approximate surface area is 118 Å². The summed E-state index contributed by atoms with van der Waals surface area (Å²) in [7, 11) is -2.90. The summed E-state index contributed by atoms with van der Waals surface area (Å²) in [5, 5.41) is -1.04. The molecule has 0 fully saturated rings. The lowest BCUT2D eigenvalue weighted by Crippen LogP contribution is -2.34. The van der Waals surface area contributed by atoms with Crippen LogP contribution in [0.3, 0.4) is 0 Å². The van der Waals surface area contributed by atoms with Crippen molar-refractivity contribution in [3.05, 3.63) is 28.9 Å². The molecule has 0 amide bonds. The number of carbonyl (C=O) groups excluding carboxylic acids is 2. The molecule has 19 heavy (non-hydrogen) atoms. The topological polar surface area (TPSA) is 96.8 Å². The van der Waals surface area contributed by atoms with Crippen LogP contribution in [0.25, 0.3) is 0 Å². The van der Waals surface area contributed by atoms with Gasteiger partial charge < -0.3 is 0 Å². The van der Waals surface area contributed by atoms with Gasteiger partial charge in [-0.2, -0.15) is 8.42 Å². The predicted molar refractivity (Wildman–Crippen MR) is 72.4 cm³/mol. The number of rotatable bonds is 3. The Bertz CT molecular complexity index is 703. The molecule has 0 radical (unpaired) electrons. The Hall–Kier alpha value is -1.52. The molecular weight excluding hydrogens is 310 g/mol. The summed E-state index contributed by atoms with van der Waals surface area (Å²) in [6.45, 7) is 0. The lowest BCUT2D eigenvalue weighted by molar-refractivity contribution is -0.129. The normalized spacial score (nSPS) is 17.7. The second-order valence-electron chi connectivity index (χ2n) is 3.46. The number of allylic oxidation sites excluding steroid dienone is 2. The van der Waals surface area contributed by atoms with Crippen LogP contribution < -0.4 is 0 Å². The van der Waals surface area contributed by atoms with Crippen LogP contribution >= 0.6 is 24.2 Å². The Morgan fingerprint density at radius 1 is 1.42 bits per heavy atom. The minimum Gasteiger partial charge on any atom is -0.283 e. The number of hydrogen-bond donors (Lipinski definition) is 1. The summed E-state index contributed by atoms with van der Waals surface area (Å²) in [4.78, 5) is 23.1. The molecule has 0 N–H and O–H groups in total. The minimum atomic E-state index is -4.04. The van der Waals surface area contributed by atoms with Crippen LogP contribution in [0.1, 0.15) is 4.88 Å². The second-order valence-corrected chi connectivity index (χ2v) is 6.33. The standard InChI is InChI=1S/C9H7N3O4S3/c1-12-6(8(13)9(14)17)4-5(11-19(12,15)16)7-2-3-10-18-7/h2-4H,1H3,(H,14,17). The lowest BCUT2D eigenvalue weighted by atomic mass is 10.2. The Morgan fingerprint density at radius 3 is 2.63 bits per heavy atom. The zero-order valence-electron chi connectivity index (χ0n) is 9.47. The van der Waals surface area contributed by atoms with E-state index >= 15 is 0 Å². The molecular formula is C9H7N3O4S3. The number of carbonyl (C=O) groups is 2. The van der Waals surface area contributed by atoms with Gasteiger partial charge in [-0.25, -0.2) is 4.37 Å². The van der Waals surface area contributed by atoms with Crippen molar-refractivity contribution < 1.29 is 18.0 Å². The fourth-order valence-electron chi connectivity index (χ4n) is 1.34. The van der Waals surface area contributed by atoms with E-state index in [4.69, 9.17) is 0 Å². The molecule has 7 nitrogen and oxygen atoms in total. The summed E-state index contributed by atoms with van der Waals surface area (Å²) in [6.07, 6.45) is 2.71. The number of Topliss-reactive ketones (excluding diaryl/α,β-unsaturated/α-hetero) is 1. The third kappa shape index (κ3) is 2.60. The van der Waals surface area contributed by atoms with Crippen molar-refractivity contribution in [3.8, 4) is 0 Å². The SMILES string of the molecule is CN1C(C(=O)C(=O)S)=CC(c2ccns2)=NS1(=O)=O. The highest BCUT2D eigenvalue weighted by Gasteiger charge is 2.32. The van der Waals surface area contributed by atoms with Crippen molar-refractivity contribution in [3.63, 3.8) is 0 Å². The average Bonchev–Trinajstić information content (AvgIpc) is 2.85. The van der Waals surface area contributed by atoms with E-state index in [1.165, 1.54) is 12.3 Å². The number of nitrogens with zero attached hydrogens (tertiary/aromatic N) is 3. The summed E-state index contributed by atoms with van der Waals surface area (Å²) >= 11 is 4.43. The van der Waals surface area contributed by atoms with E-state index in [9.17, 15) is 18.0 Å². The number of thiol groups is 1. The van der Waals surface area contributed by atoms with Gasteiger partial charge in [0.25, 0.3) is 10.9 Å². The number of likely N-dealkylation sites (N-methyl/N-ethyl adjacent to an activating group) is 1. The molecule has 0 atom stereocenters. The molecule has 0 bridgehead atoms. The van der Waals surface area contributed by atoms with Crippen LogP contribution in [-0.2, 0) is 19.8 Å². The molecule has 0 spiro atoms. The molecule has 0 saturated carbocycles. The largest absolute Gasteiger partial charge is 0.345 e. The smallest absolute Gasteiger partial charge is 0.283 e. The summed E-state index contributed by atoms with van der Waals surface area (Å²) in [6, 6.07) is 1.56. The highest BCUT2D eigenvalue weighted by molar-refractivity contribution is 7.99. The highest BCUT2D eigenvalue weighted by atomic mass is 32.2. The molecule has 10 heteroatoms. The molecule has 0 saturated heterocycles. The Morgan fingerprint density at radius 2 is 2.11 bits per heavy atom. The first-order chi connectivity index (χ1) is 8.83. The minimum absolute atomic E-state index is 0.0681. The van der Waals surface area contributed by atoms with Crippen LogP contribution in [0.4, 0.5) is 0 Å². The van der Waals surface area contributed by atoms with Gasteiger partial charge in [0, 0.05) is 13.2 Å². The third-order valence-corrected chi connectivity index (χ3v) is 4.58. The maximum atomic E-state index is 11.8. The van der Waals surface area contributed by atoms with Gasteiger partial charge in [-0.1, -0.05) is 12.6 Å². The maximum Gasteiger partial charge on any atom is 0.345 e. The van der Waals surface area contributed by atoms with E-state index in [1.54, 1.807) is 6.07 Å². The molecule has 1 aliphatic rings. The van der Waals surface area contributed by atoms with Crippen LogP contribution in [0.2, 0.25) is 0 Å². The zero-order valence-corrected chi connectivity index (χ0v) is 12.0. The van der Waals surface area contributed by atoms with E-state index in [0.717, 1.165) is 18.6 Å². The van der Waals surface area contributed by atoms with Crippen molar-refractivity contribution in [1.29, 1.82) is 0 Å². The molecule has 1 aromatic heterocycles. The molecule has 0 aliphatic carbocycles. The fraction of sp³-hybridized carbons (Fsp3) is 0.111. The van der Waals surface area contributed by atoms with E-state index in [0.29, 0.717) is 9.18 Å². The van der Waals surface area contributed by atoms with Crippen LogP contribution in [0.15, 0.2) is 28.4 Å². The molecule has 0 unspecified atom stereocenters. The van der Waals surface area contributed by atoms with E-state index in [-0.39, 0.29) is 11.4 Å². The summed E-state index contributed by atoms with van der Waals surface area (Å²) < 4.78 is 31.7. The molecule has 100 valence electrons. The summed E-state index contributed by atoms with van der Waals surface area (Å²) in [5.74, 6) is -1.01. The van der Waals surface area contributed by atoms with Gasteiger partial charge in [-0.15, -0.1) is 4.40 Å². The molecule has 2 heterocycles. The van der Waals surface area contributed by atoms with E-state index < -0.39 is 21.1 Å². The van der Waals surface area contributed by atoms with Gasteiger partial charge >= 0.3 is 10.2 Å². The zero-order chi connectivity index (χ0) is 14.2. The van der Waals surface area contributed by atoms with Crippen molar-refractivity contribution in [2.75, 3.05) is 7.05 Å². The predicted octanol–water partition coefficient (Wildman–Crippen LogP) is 0.0318. The fourth-order valence-corrected chi connectivity index (χ4v) is 2.97. The number of aromatic nitrogens is 1. The third-order valence-electron chi connectivity index (χ3n) is 2.29. The van der Waals surface area contributed by atoms with Gasteiger partial charge in [-0.3, -0.25) is 13.9 Å². The second kappa shape index (κ2) is 4.87. The quantitative estimate of drug-likeness (QED) is 0.627. The average molecular weight is 317 g/mol. The van der Waals surface area contributed by atoms with Gasteiger partial charge in [0.2, 0.25) is 0 Å². The van der Waals surface area contributed by atoms with Gasteiger partial charge in [0.05, 0.1) is 10.6 Å². The number of hydrogen-bond acceptors (Lipinski definition) is 6. The highest BCUT2D eigenvalue weighted by Crippen LogP contribution is 2.21. The van der Waals surface area contributed by atoms with Crippen molar-refractivity contribution in [1.82, 2.24) is 8.68 Å². The van der Waals surface area contributed by atoms with Crippen molar-refractivity contribution in [2.45, 2.75) is 0 Å². The van der Waals surface area contributed by atoms with Crippen molar-refractivity contribution in [2.24, 2.45) is 4.40 Å². The first-order valence-electron chi connectivity index (χ1n) is 4.82. The van der Waals surface area contributed by atoms with Gasteiger partial charge in [0.15, 0.2) is 0 Å². The first-order valence-corrected chi connectivity index (χ1v) is 7.44.